The topological polar surface area (TPSA) is 119 Å². The van der Waals surface area contributed by atoms with Gasteiger partial charge < -0.3 is 20.3 Å². The maximum Gasteiger partial charge on any atom is 0.414 e. The fraction of sp³-hybridized carbons (Fsp3) is 0.429. The molecule has 4 amide bonds. The van der Waals surface area contributed by atoms with Crippen molar-refractivity contribution < 1.29 is 27.9 Å². The minimum atomic E-state index is -0.834. The van der Waals surface area contributed by atoms with E-state index in [9.17, 15) is 14.4 Å². The highest BCUT2D eigenvalue weighted by Gasteiger charge is 2.34. The third-order valence-electron chi connectivity index (χ3n) is 5.48. The summed E-state index contributed by atoms with van der Waals surface area (Å²) in [4.78, 5) is 42.5. The first-order chi connectivity index (χ1) is 16.8. The molecule has 0 saturated carbocycles. The molecule has 0 aliphatic carbocycles. The van der Waals surface area contributed by atoms with E-state index >= 15 is 8.78 Å². The second-order valence-electron chi connectivity index (χ2n) is 7.94. The first-order valence-corrected chi connectivity index (χ1v) is 11.8. The summed E-state index contributed by atoms with van der Waals surface area (Å²) in [5.41, 5.74) is 2.75. The number of hydrogen-bond donors (Lipinski definition) is 3. The number of halogens is 2. The second-order valence-corrected chi connectivity index (χ2v) is 8.92. The van der Waals surface area contributed by atoms with Gasteiger partial charge in [0.05, 0.1) is 31.9 Å². The van der Waals surface area contributed by atoms with Crippen molar-refractivity contribution >= 4 is 40.7 Å². The lowest BCUT2D eigenvalue weighted by molar-refractivity contribution is -0.119. The van der Waals surface area contributed by atoms with Gasteiger partial charge in [0.15, 0.2) is 11.6 Å². The molecule has 2 aromatic rings. The van der Waals surface area contributed by atoms with E-state index in [-0.39, 0.29) is 69.1 Å². The van der Waals surface area contributed by atoms with E-state index in [0.717, 1.165) is 22.0 Å². The zero-order valence-corrected chi connectivity index (χ0v) is 19.7. The summed E-state index contributed by atoms with van der Waals surface area (Å²) in [5.74, 6) is -1.94. The summed E-state index contributed by atoms with van der Waals surface area (Å²) in [7, 11) is 0. The fourth-order valence-electron chi connectivity index (χ4n) is 3.82. The first kappa shape index (κ1) is 24.6. The Morgan fingerprint density at radius 1 is 1.23 bits per heavy atom. The van der Waals surface area contributed by atoms with Crippen LogP contribution in [0.25, 0.3) is 0 Å². The molecule has 2 aliphatic rings. The second kappa shape index (κ2) is 10.8. The number of anilines is 2. The summed E-state index contributed by atoms with van der Waals surface area (Å²) >= 11 is 1.43. The molecule has 35 heavy (non-hydrogen) atoms. The number of hydrazine groups is 1. The standard InChI is InChI=1S/C21H25F2N7O4S/c1-13(31)25-10-15-12-29(21(33)34-15)14-8-16(22)19(17(23)9-14)28-4-2-27-30(6-5-28)20(32)26-11-18-24-3-7-35-18/h3,7-9,15,27H,2,4-6,10-12H2,1H3,(H,25,31)(H,26,32)/t15-/m0/s1. The van der Waals surface area contributed by atoms with Crippen LogP contribution in [-0.2, 0) is 16.1 Å². The van der Waals surface area contributed by atoms with E-state index in [4.69, 9.17) is 4.74 Å². The Balaban J connectivity index is 1.39. The summed E-state index contributed by atoms with van der Waals surface area (Å²) in [6.45, 7) is 2.70. The molecular formula is C21H25F2N7O4S. The molecular weight excluding hydrogens is 484 g/mol. The van der Waals surface area contributed by atoms with E-state index in [0.29, 0.717) is 0 Å². The number of amides is 4. The summed E-state index contributed by atoms with van der Waals surface area (Å²) < 4.78 is 35.3. The molecule has 0 radical (unpaired) electrons. The van der Waals surface area contributed by atoms with Crippen LogP contribution in [-0.4, -0.2) is 73.4 Å². The normalized spacial score (nSPS) is 18.3. The van der Waals surface area contributed by atoms with Crippen molar-refractivity contribution in [3.8, 4) is 0 Å². The predicted molar refractivity (Wildman–Crippen MR) is 124 cm³/mol. The molecule has 14 heteroatoms. The van der Waals surface area contributed by atoms with Crippen LogP contribution in [0.4, 0.5) is 29.7 Å². The van der Waals surface area contributed by atoms with E-state index in [2.05, 4.69) is 21.0 Å². The summed E-state index contributed by atoms with van der Waals surface area (Å²) in [6, 6.07) is 1.80. The van der Waals surface area contributed by atoms with Crippen LogP contribution in [0, 0.1) is 11.6 Å². The molecule has 4 rings (SSSR count). The lowest BCUT2D eigenvalue weighted by atomic mass is 10.2. The fourth-order valence-corrected chi connectivity index (χ4v) is 4.38. The number of rotatable bonds is 6. The highest BCUT2D eigenvalue weighted by atomic mass is 32.1. The number of cyclic esters (lactones) is 1. The zero-order valence-electron chi connectivity index (χ0n) is 18.9. The molecule has 2 saturated heterocycles. The third-order valence-corrected chi connectivity index (χ3v) is 6.26. The monoisotopic (exact) mass is 509 g/mol. The average molecular weight is 510 g/mol. The number of ether oxygens (including phenoxy) is 1. The Hall–Kier alpha value is -3.52. The van der Waals surface area contributed by atoms with Gasteiger partial charge in [0.2, 0.25) is 5.91 Å². The van der Waals surface area contributed by atoms with Crippen molar-refractivity contribution in [1.29, 1.82) is 0 Å². The van der Waals surface area contributed by atoms with Crippen LogP contribution in [0.3, 0.4) is 0 Å². The number of nitrogens with one attached hydrogen (secondary N) is 3. The molecule has 0 bridgehead atoms. The van der Waals surface area contributed by atoms with Gasteiger partial charge in [-0.25, -0.2) is 28.8 Å². The highest BCUT2D eigenvalue weighted by Crippen LogP contribution is 2.31. The van der Waals surface area contributed by atoms with Crippen LogP contribution < -0.4 is 25.9 Å². The number of aromatic nitrogens is 1. The van der Waals surface area contributed by atoms with Crippen LogP contribution in [0.15, 0.2) is 23.7 Å². The first-order valence-electron chi connectivity index (χ1n) is 11.0. The van der Waals surface area contributed by atoms with E-state index in [1.807, 2.05) is 5.38 Å². The average Bonchev–Trinajstić information content (AvgIpc) is 3.39. The Morgan fingerprint density at radius 2 is 2.00 bits per heavy atom. The van der Waals surface area contributed by atoms with Gasteiger partial charge in [0.1, 0.15) is 16.8 Å². The molecule has 188 valence electrons. The number of hydrogen-bond acceptors (Lipinski definition) is 8. The van der Waals surface area contributed by atoms with E-state index in [1.54, 1.807) is 6.20 Å². The number of nitrogens with zero attached hydrogens (tertiary/aromatic N) is 4. The van der Waals surface area contributed by atoms with Crippen molar-refractivity contribution in [1.82, 2.24) is 26.1 Å². The smallest absolute Gasteiger partial charge is 0.414 e. The Kier molecular flexibility index (Phi) is 7.60. The lowest BCUT2D eigenvalue weighted by Crippen LogP contribution is -2.48. The van der Waals surface area contributed by atoms with Crippen LogP contribution in [0.1, 0.15) is 11.9 Å². The predicted octanol–water partition coefficient (Wildman–Crippen LogP) is 1.42. The van der Waals surface area contributed by atoms with Gasteiger partial charge >= 0.3 is 12.1 Å². The maximum atomic E-state index is 15.1. The Bertz CT molecular complexity index is 1060. The van der Waals surface area contributed by atoms with Gasteiger partial charge in [-0.15, -0.1) is 11.3 Å². The molecule has 1 aromatic carbocycles. The van der Waals surface area contributed by atoms with Crippen molar-refractivity contribution in [3.05, 3.63) is 40.4 Å². The van der Waals surface area contributed by atoms with Crippen molar-refractivity contribution in [2.24, 2.45) is 0 Å². The van der Waals surface area contributed by atoms with Crippen molar-refractivity contribution in [2.45, 2.75) is 19.6 Å². The Morgan fingerprint density at radius 3 is 2.69 bits per heavy atom. The molecule has 3 N–H and O–H groups in total. The van der Waals surface area contributed by atoms with Gasteiger partial charge in [0, 0.05) is 50.3 Å². The minimum absolute atomic E-state index is 0.0233. The molecule has 0 spiro atoms. The third kappa shape index (κ3) is 5.95. The molecule has 11 nitrogen and oxygen atoms in total. The molecule has 1 atom stereocenters. The number of carbonyl (C=O) groups excluding carboxylic acids is 3. The SMILES string of the molecule is CC(=O)NC[C@H]1CN(c2cc(F)c(N3CCNN(C(=O)NCc4nccs4)CC3)c(F)c2)C(=O)O1. The lowest BCUT2D eigenvalue weighted by Gasteiger charge is -2.25. The number of urea groups is 1. The Labute approximate surface area is 204 Å². The van der Waals surface area contributed by atoms with Crippen molar-refractivity contribution in [3.63, 3.8) is 0 Å². The summed E-state index contributed by atoms with van der Waals surface area (Å²) in [6.07, 6.45) is 0.284. The van der Waals surface area contributed by atoms with E-state index < -0.39 is 23.8 Å². The largest absolute Gasteiger partial charge is 0.442 e. The van der Waals surface area contributed by atoms with Crippen LogP contribution in [0.2, 0.25) is 0 Å². The van der Waals surface area contributed by atoms with E-state index in [1.165, 1.54) is 28.2 Å². The molecule has 1 aromatic heterocycles. The summed E-state index contributed by atoms with van der Waals surface area (Å²) in [5, 5.41) is 9.25. The van der Waals surface area contributed by atoms with Crippen LogP contribution in [0.5, 0.6) is 0 Å². The van der Waals surface area contributed by atoms with Crippen molar-refractivity contribution in [2.75, 3.05) is 49.1 Å². The van der Waals surface area contributed by atoms with Gasteiger partial charge in [-0.3, -0.25) is 14.7 Å². The zero-order chi connectivity index (χ0) is 24.9. The molecule has 2 aliphatic heterocycles. The van der Waals surface area contributed by atoms with Gasteiger partial charge in [-0.05, 0) is 0 Å². The van der Waals surface area contributed by atoms with Gasteiger partial charge in [-0.1, -0.05) is 0 Å². The van der Waals surface area contributed by atoms with Gasteiger partial charge in [-0.2, -0.15) is 0 Å². The quantitative estimate of drug-likeness (QED) is 0.539. The number of thiazole rings is 1. The minimum Gasteiger partial charge on any atom is -0.442 e. The molecule has 2 fully saturated rings. The molecule has 0 unspecified atom stereocenters. The van der Waals surface area contributed by atoms with Gasteiger partial charge in [0.25, 0.3) is 0 Å². The maximum absolute atomic E-state index is 15.1. The number of carbonyl (C=O) groups is 3. The molecule has 3 heterocycles. The van der Waals surface area contributed by atoms with Crippen LogP contribution >= 0.6 is 11.3 Å². The number of benzene rings is 1. The highest BCUT2D eigenvalue weighted by molar-refractivity contribution is 7.09.